The molecule has 2 aromatic carbocycles. The third kappa shape index (κ3) is 3.89. The van der Waals surface area contributed by atoms with Crippen molar-refractivity contribution >= 4 is 39.7 Å². The van der Waals surface area contributed by atoms with Crippen molar-refractivity contribution in [1.29, 1.82) is 0 Å². The van der Waals surface area contributed by atoms with E-state index in [0.29, 0.717) is 11.5 Å². The van der Waals surface area contributed by atoms with E-state index in [1.54, 1.807) is 21.5 Å². The van der Waals surface area contributed by atoms with Gasteiger partial charge in [0.2, 0.25) is 22.7 Å². The van der Waals surface area contributed by atoms with Crippen molar-refractivity contribution in [3.8, 4) is 11.3 Å². The van der Waals surface area contributed by atoms with E-state index in [-0.39, 0.29) is 30.0 Å². The van der Waals surface area contributed by atoms with Gasteiger partial charge >= 0.3 is 0 Å². The van der Waals surface area contributed by atoms with Crippen LogP contribution in [0.4, 0.5) is 16.0 Å². The molecule has 4 aromatic rings. The Hall–Kier alpha value is -3.59. The first-order valence-corrected chi connectivity index (χ1v) is 11.6. The molecule has 1 aliphatic rings. The molecule has 9 heteroatoms. The molecule has 0 aliphatic carbocycles. The van der Waals surface area contributed by atoms with Crippen LogP contribution < -0.4 is 10.2 Å². The van der Waals surface area contributed by atoms with Gasteiger partial charge < -0.3 is 4.90 Å². The molecule has 168 valence electrons. The van der Waals surface area contributed by atoms with Crippen molar-refractivity contribution in [2.45, 2.75) is 26.7 Å². The van der Waals surface area contributed by atoms with Crippen LogP contribution in [0.25, 0.3) is 16.2 Å². The number of hydrogen-bond acceptors (Lipinski definition) is 5. The molecule has 1 fully saturated rings. The van der Waals surface area contributed by atoms with Gasteiger partial charge in [-0.05, 0) is 48.7 Å². The Morgan fingerprint density at radius 3 is 2.79 bits per heavy atom. The molecule has 7 nitrogen and oxygen atoms in total. The Labute approximate surface area is 193 Å². The Morgan fingerprint density at radius 1 is 1.24 bits per heavy atom. The molecule has 0 bridgehead atoms. The summed E-state index contributed by atoms with van der Waals surface area (Å²) in [6.07, 6.45) is 0.954. The molecule has 1 aliphatic heterocycles. The van der Waals surface area contributed by atoms with E-state index in [0.717, 1.165) is 34.5 Å². The summed E-state index contributed by atoms with van der Waals surface area (Å²) >= 11 is 1.38. The largest absolute Gasteiger partial charge is 0.311 e. The number of amides is 2. The fourth-order valence-electron chi connectivity index (χ4n) is 4.26. The van der Waals surface area contributed by atoms with E-state index >= 15 is 0 Å². The summed E-state index contributed by atoms with van der Waals surface area (Å²) < 4.78 is 14.9. The van der Waals surface area contributed by atoms with Gasteiger partial charge in [-0.1, -0.05) is 25.1 Å². The van der Waals surface area contributed by atoms with Crippen molar-refractivity contribution in [3.63, 3.8) is 0 Å². The fraction of sp³-hybridized carbons (Fsp3) is 0.250. The van der Waals surface area contributed by atoms with Crippen LogP contribution in [0.2, 0.25) is 0 Å². The summed E-state index contributed by atoms with van der Waals surface area (Å²) in [6.45, 7) is 4.36. The molecule has 1 unspecified atom stereocenters. The van der Waals surface area contributed by atoms with Gasteiger partial charge in [0.1, 0.15) is 5.82 Å². The van der Waals surface area contributed by atoms with Crippen molar-refractivity contribution in [1.82, 2.24) is 14.6 Å². The standard InChI is InChI=1S/C24H22FN5O2S/c1-3-15-6-4-5-14(2)21(15)29-12-17(11-20(29)31)22(32)26-23-27-24-30(28-23)19(13-33-24)16-7-9-18(25)10-8-16/h4-10,13,17H,3,11-12H2,1-2H3,(H,26,28,32). The minimum atomic E-state index is -0.486. The minimum Gasteiger partial charge on any atom is -0.311 e. The summed E-state index contributed by atoms with van der Waals surface area (Å²) in [6, 6.07) is 12.1. The number of aryl methyl sites for hydroxylation is 2. The van der Waals surface area contributed by atoms with E-state index in [2.05, 4.69) is 22.3 Å². The molecular formula is C24H22FN5O2S. The van der Waals surface area contributed by atoms with Crippen molar-refractivity contribution < 1.29 is 14.0 Å². The normalized spacial score (nSPS) is 16.0. The number of carbonyl (C=O) groups excluding carboxylic acids is 2. The Bertz CT molecular complexity index is 1360. The van der Waals surface area contributed by atoms with Crippen LogP contribution in [-0.4, -0.2) is 33.0 Å². The van der Waals surface area contributed by atoms with Gasteiger partial charge in [0.15, 0.2) is 0 Å². The smallest absolute Gasteiger partial charge is 0.250 e. The van der Waals surface area contributed by atoms with Crippen LogP contribution in [-0.2, 0) is 16.0 Å². The van der Waals surface area contributed by atoms with Gasteiger partial charge in [-0.2, -0.15) is 4.98 Å². The number of para-hydroxylation sites is 1. The number of nitrogens with zero attached hydrogens (tertiary/aromatic N) is 4. The lowest BCUT2D eigenvalue weighted by atomic mass is 10.0. The number of thiazole rings is 1. The molecule has 0 radical (unpaired) electrons. The second-order valence-electron chi connectivity index (χ2n) is 8.09. The summed E-state index contributed by atoms with van der Waals surface area (Å²) in [5, 5.41) is 9.07. The van der Waals surface area contributed by atoms with E-state index in [1.165, 1.54) is 23.5 Å². The van der Waals surface area contributed by atoms with E-state index < -0.39 is 5.92 Å². The van der Waals surface area contributed by atoms with Crippen LogP contribution >= 0.6 is 11.3 Å². The van der Waals surface area contributed by atoms with E-state index in [1.807, 2.05) is 30.5 Å². The van der Waals surface area contributed by atoms with Crippen LogP contribution in [0.1, 0.15) is 24.5 Å². The molecule has 3 heterocycles. The van der Waals surface area contributed by atoms with Gasteiger partial charge in [0.25, 0.3) is 0 Å². The molecule has 1 N–H and O–H groups in total. The Morgan fingerprint density at radius 2 is 2.03 bits per heavy atom. The van der Waals surface area contributed by atoms with Gasteiger partial charge in [-0.15, -0.1) is 16.4 Å². The molecule has 2 amide bonds. The number of halogens is 1. The average molecular weight is 464 g/mol. The summed E-state index contributed by atoms with van der Waals surface area (Å²) in [4.78, 5) is 32.5. The Kier molecular flexibility index (Phi) is 5.41. The monoisotopic (exact) mass is 463 g/mol. The molecule has 5 rings (SSSR count). The summed E-state index contributed by atoms with van der Waals surface area (Å²) in [7, 11) is 0. The van der Waals surface area contributed by atoms with Crippen LogP contribution in [0.5, 0.6) is 0 Å². The molecule has 0 saturated carbocycles. The lowest BCUT2D eigenvalue weighted by Crippen LogP contribution is -2.29. The van der Waals surface area contributed by atoms with Crippen LogP contribution in [0, 0.1) is 18.7 Å². The zero-order chi connectivity index (χ0) is 23.1. The third-order valence-corrected chi connectivity index (χ3v) is 6.74. The lowest BCUT2D eigenvalue weighted by molar-refractivity contribution is -0.122. The molecule has 1 atom stereocenters. The number of nitrogens with one attached hydrogen (secondary N) is 1. The average Bonchev–Trinajstić information content (AvgIpc) is 3.48. The maximum Gasteiger partial charge on any atom is 0.250 e. The number of aromatic nitrogens is 3. The van der Waals surface area contributed by atoms with Gasteiger partial charge in [0.05, 0.1) is 11.6 Å². The molecule has 33 heavy (non-hydrogen) atoms. The maximum absolute atomic E-state index is 13.3. The predicted octanol–water partition coefficient (Wildman–Crippen LogP) is 4.46. The second kappa shape index (κ2) is 8.40. The minimum absolute atomic E-state index is 0.0588. The second-order valence-corrected chi connectivity index (χ2v) is 8.93. The first-order valence-electron chi connectivity index (χ1n) is 10.7. The van der Waals surface area contributed by atoms with Gasteiger partial charge in [-0.25, -0.2) is 8.91 Å². The lowest BCUT2D eigenvalue weighted by Gasteiger charge is -2.22. The topological polar surface area (TPSA) is 79.6 Å². The number of anilines is 2. The maximum atomic E-state index is 13.3. The summed E-state index contributed by atoms with van der Waals surface area (Å²) in [5.74, 6) is -0.949. The SMILES string of the molecule is CCc1cccc(C)c1N1CC(C(=O)Nc2nc3scc(-c4ccc(F)cc4)n3n2)CC1=O. The van der Waals surface area contributed by atoms with Gasteiger partial charge in [0, 0.05) is 29.6 Å². The number of carbonyl (C=O) groups is 2. The van der Waals surface area contributed by atoms with Crippen LogP contribution in [0.3, 0.4) is 0 Å². The number of rotatable bonds is 5. The molecule has 1 saturated heterocycles. The van der Waals surface area contributed by atoms with E-state index in [4.69, 9.17) is 0 Å². The van der Waals surface area contributed by atoms with Crippen molar-refractivity contribution in [3.05, 3.63) is 64.8 Å². The predicted molar refractivity (Wildman–Crippen MR) is 126 cm³/mol. The highest BCUT2D eigenvalue weighted by Gasteiger charge is 2.36. The Balaban J connectivity index is 1.34. The highest BCUT2D eigenvalue weighted by Crippen LogP contribution is 2.32. The first kappa shape index (κ1) is 21.3. The highest BCUT2D eigenvalue weighted by atomic mass is 32.1. The number of hydrogen-bond donors (Lipinski definition) is 1. The van der Waals surface area contributed by atoms with Crippen molar-refractivity contribution in [2.24, 2.45) is 5.92 Å². The fourth-order valence-corrected chi connectivity index (χ4v) is 5.09. The number of fused-ring (bicyclic) bond motifs is 1. The van der Waals surface area contributed by atoms with Gasteiger partial charge in [-0.3, -0.25) is 14.9 Å². The zero-order valence-corrected chi connectivity index (χ0v) is 19.0. The molecular weight excluding hydrogens is 441 g/mol. The van der Waals surface area contributed by atoms with Crippen LogP contribution in [0.15, 0.2) is 47.8 Å². The quantitative estimate of drug-likeness (QED) is 0.474. The zero-order valence-electron chi connectivity index (χ0n) is 18.2. The first-order chi connectivity index (χ1) is 15.9. The third-order valence-electron chi connectivity index (χ3n) is 5.92. The van der Waals surface area contributed by atoms with Crippen molar-refractivity contribution in [2.75, 3.05) is 16.8 Å². The molecule has 0 spiro atoms. The van der Waals surface area contributed by atoms with E-state index in [9.17, 15) is 14.0 Å². The summed E-state index contributed by atoms with van der Waals surface area (Å²) in [5.41, 5.74) is 4.58. The molecule has 2 aromatic heterocycles. The number of benzene rings is 2. The highest BCUT2D eigenvalue weighted by molar-refractivity contribution is 7.15.